The van der Waals surface area contributed by atoms with Crippen molar-refractivity contribution in [2.45, 2.75) is 38.3 Å². The standard InChI is InChI=1S/C10H16N2O3S/c13-8-11-10-3-1-2-6-12(10)16(14,15)7-9-4-5-9/h9-10H,1-7H2. The molecule has 0 radical (unpaired) electrons. The lowest BCUT2D eigenvalue weighted by molar-refractivity contribution is 0.259. The highest BCUT2D eigenvalue weighted by molar-refractivity contribution is 7.89. The lowest BCUT2D eigenvalue weighted by Gasteiger charge is -2.31. The molecule has 1 saturated carbocycles. The molecule has 1 atom stereocenters. The van der Waals surface area contributed by atoms with Crippen molar-refractivity contribution < 1.29 is 13.2 Å². The van der Waals surface area contributed by atoms with Crippen LogP contribution in [0.3, 0.4) is 0 Å². The van der Waals surface area contributed by atoms with E-state index in [1.165, 1.54) is 10.4 Å². The number of nitrogens with zero attached hydrogens (tertiary/aromatic N) is 2. The highest BCUT2D eigenvalue weighted by Gasteiger charge is 2.36. The Hall–Kier alpha value is -0.710. The third kappa shape index (κ3) is 2.70. The van der Waals surface area contributed by atoms with Gasteiger partial charge < -0.3 is 0 Å². The van der Waals surface area contributed by atoms with Crippen LogP contribution in [0.4, 0.5) is 0 Å². The van der Waals surface area contributed by atoms with Crippen molar-refractivity contribution in [1.82, 2.24) is 4.31 Å². The van der Waals surface area contributed by atoms with Gasteiger partial charge in [-0.1, -0.05) is 0 Å². The second kappa shape index (κ2) is 4.65. The maximum absolute atomic E-state index is 12.1. The van der Waals surface area contributed by atoms with E-state index < -0.39 is 16.2 Å². The molecule has 16 heavy (non-hydrogen) atoms. The van der Waals surface area contributed by atoms with E-state index in [2.05, 4.69) is 4.99 Å². The summed E-state index contributed by atoms with van der Waals surface area (Å²) in [6.45, 7) is 0.491. The Labute approximate surface area is 95.6 Å². The van der Waals surface area contributed by atoms with Gasteiger partial charge >= 0.3 is 0 Å². The second-order valence-corrected chi connectivity index (χ2v) is 6.50. The number of hydrogen-bond acceptors (Lipinski definition) is 4. The van der Waals surface area contributed by atoms with Crippen LogP contribution in [-0.4, -0.2) is 37.3 Å². The van der Waals surface area contributed by atoms with E-state index in [0.29, 0.717) is 18.9 Å². The van der Waals surface area contributed by atoms with Crippen LogP contribution in [0.2, 0.25) is 0 Å². The van der Waals surface area contributed by atoms with E-state index in [-0.39, 0.29) is 5.75 Å². The summed E-state index contributed by atoms with van der Waals surface area (Å²) in [5, 5.41) is 0. The van der Waals surface area contributed by atoms with Crippen LogP contribution in [0.5, 0.6) is 0 Å². The van der Waals surface area contributed by atoms with Gasteiger partial charge in [0.1, 0.15) is 6.17 Å². The Kier molecular flexibility index (Phi) is 3.42. The quantitative estimate of drug-likeness (QED) is 0.544. The number of rotatable bonds is 4. The maximum Gasteiger partial charge on any atom is 0.236 e. The minimum Gasteiger partial charge on any atom is -0.212 e. The molecule has 1 aliphatic carbocycles. The second-order valence-electron chi connectivity index (χ2n) is 4.53. The summed E-state index contributed by atoms with van der Waals surface area (Å²) in [5.74, 6) is 0.547. The van der Waals surface area contributed by atoms with Crippen molar-refractivity contribution >= 4 is 16.1 Å². The van der Waals surface area contributed by atoms with Crippen molar-refractivity contribution in [2.75, 3.05) is 12.3 Å². The highest BCUT2D eigenvalue weighted by Crippen LogP contribution is 2.32. The van der Waals surface area contributed by atoms with Gasteiger partial charge in [-0.2, -0.15) is 9.30 Å². The monoisotopic (exact) mass is 244 g/mol. The zero-order chi connectivity index (χ0) is 11.6. The smallest absolute Gasteiger partial charge is 0.212 e. The fourth-order valence-electron chi connectivity index (χ4n) is 2.08. The van der Waals surface area contributed by atoms with Crippen LogP contribution in [0.25, 0.3) is 0 Å². The predicted molar refractivity (Wildman–Crippen MR) is 59.0 cm³/mol. The summed E-state index contributed by atoms with van der Waals surface area (Å²) in [7, 11) is -3.23. The van der Waals surface area contributed by atoms with E-state index in [1.54, 1.807) is 0 Å². The molecule has 1 aliphatic heterocycles. The largest absolute Gasteiger partial charge is 0.236 e. The van der Waals surface area contributed by atoms with Crippen molar-refractivity contribution in [1.29, 1.82) is 0 Å². The van der Waals surface area contributed by atoms with E-state index in [9.17, 15) is 13.2 Å². The molecule has 0 bridgehead atoms. The van der Waals surface area contributed by atoms with E-state index in [1.807, 2.05) is 0 Å². The van der Waals surface area contributed by atoms with Gasteiger partial charge in [-0.3, -0.25) is 0 Å². The fourth-order valence-corrected chi connectivity index (χ4v) is 4.13. The van der Waals surface area contributed by atoms with E-state index in [4.69, 9.17) is 0 Å². The lowest BCUT2D eigenvalue weighted by atomic mass is 10.1. The summed E-state index contributed by atoms with van der Waals surface area (Å²) >= 11 is 0. The van der Waals surface area contributed by atoms with E-state index >= 15 is 0 Å². The van der Waals surface area contributed by atoms with Crippen molar-refractivity contribution in [3.05, 3.63) is 0 Å². The predicted octanol–water partition coefficient (Wildman–Crippen LogP) is 0.874. The SMILES string of the molecule is O=C=NC1CCCCN1S(=O)(=O)CC1CC1. The molecule has 0 N–H and O–H groups in total. The first-order chi connectivity index (χ1) is 7.63. The molecule has 90 valence electrons. The van der Waals surface area contributed by atoms with E-state index in [0.717, 1.165) is 25.7 Å². The molecule has 0 aromatic heterocycles. The minimum atomic E-state index is -3.23. The van der Waals surface area contributed by atoms with Gasteiger partial charge in [0.2, 0.25) is 16.1 Å². The number of hydrogen-bond donors (Lipinski definition) is 0. The summed E-state index contributed by atoms with van der Waals surface area (Å²) in [4.78, 5) is 13.9. The average molecular weight is 244 g/mol. The molecule has 0 amide bonds. The summed E-state index contributed by atoms with van der Waals surface area (Å²) < 4.78 is 25.5. The molecular formula is C10H16N2O3S. The molecule has 0 spiro atoms. The lowest BCUT2D eigenvalue weighted by Crippen LogP contribution is -2.44. The third-order valence-corrected chi connectivity index (χ3v) is 5.16. The normalized spacial score (nSPS) is 27.4. The van der Waals surface area contributed by atoms with Gasteiger partial charge in [0.15, 0.2) is 0 Å². The third-order valence-electron chi connectivity index (χ3n) is 3.13. The average Bonchev–Trinajstić information content (AvgIpc) is 3.02. The Morgan fingerprint density at radius 2 is 2.00 bits per heavy atom. The Balaban J connectivity index is 2.11. The van der Waals surface area contributed by atoms with Crippen LogP contribution in [0.15, 0.2) is 4.99 Å². The molecular weight excluding hydrogens is 228 g/mol. The molecule has 5 nitrogen and oxygen atoms in total. The van der Waals surface area contributed by atoms with Gasteiger partial charge in [0.05, 0.1) is 5.75 Å². The van der Waals surface area contributed by atoms with Gasteiger partial charge in [-0.15, -0.1) is 0 Å². The topological polar surface area (TPSA) is 66.8 Å². The van der Waals surface area contributed by atoms with Gasteiger partial charge in [0.25, 0.3) is 0 Å². The van der Waals surface area contributed by atoms with Gasteiger partial charge in [-0.25, -0.2) is 13.2 Å². The first-order valence-corrected chi connectivity index (χ1v) is 7.31. The molecule has 1 heterocycles. The molecule has 2 rings (SSSR count). The van der Waals surface area contributed by atoms with Crippen LogP contribution in [0, 0.1) is 5.92 Å². The van der Waals surface area contributed by atoms with Gasteiger partial charge in [-0.05, 0) is 38.0 Å². The molecule has 6 heteroatoms. The van der Waals surface area contributed by atoms with Gasteiger partial charge in [0, 0.05) is 6.54 Å². The fraction of sp³-hybridized carbons (Fsp3) is 0.900. The van der Waals surface area contributed by atoms with Crippen molar-refractivity contribution in [3.8, 4) is 0 Å². The van der Waals surface area contributed by atoms with Crippen molar-refractivity contribution in [2.24, 2.45) is 10.9 Å². The number of sulfonamides is 1. The Morgan fingerprint density at radius 3 is 2.62 bits per heavy atom. The zero-order valence-corrected chi connectivity index (χ0v) is 9.95. The number of carbonyl (C=O) groups excluding carboxylic acids is 1. The number of isocyanates is 1. The Morgan fingerprint density at radius 1 is 1.25 bits per heavy atom. The van der Waals surface area contributed by atoms with Crippen LogP contribution in [0.1, 0.15) is 32.1 Å². The molecule has 1 unspecified atom stereocenters. The minimum absolute atomic E-state index is 0.220. The number of aliphatic imine (C=N–C) groups is 1. The number of piperidine rings is 1. The summed E-state index contributed by atoms with van der Waals surface area (Å²) in [6, 6.07) is 0. The maximum atomic E-state index is 12.1. The summed E-state index contributed by atoms with van der Waals surface area (Å²) in [6.07, 6.45) is 5.41. The molecule has 1 saturated heterocycles. The molecule has 0 aromatic rings. The molecule has 2 fully saturated rings. The molecule has 2 aliphatic rings. The van der Waals surface area contributed by atoms with Crippen LogP contribution in [-0.2, 0) is 14.8 Å². The highest BCUT2D eigenvalue weighted by atomic mass is 32.2. The van der Waals surface area contributed by atoms with Crippen LogP contribution < -0.4 is 0 Å². The zero-order valence-electron chi connectivity index (χ0n) is 9.13. The Bertz CT molecular complexity index is 396. The van der Waals surface area contributed by atoms with Crippen LogP contribution >= 0.6 is 0 Å². The molecule has 0 aromatic carbocycles. The summed E-state index contributed by atoms with van der Waals surface area (Å²) in [5.41, 5.74) is 0. The van der Waals surface area contributed by atoms with Crippen molar-refractivity contribution in [3.63, 3.8) is 0 Å². The first kappa shape index (κ1) is 11.8. The first-order valence-electron chi connectivity index (χ1n) is 5.70.